The average Bonchev–Trinajstić information content (AvgIpc) is 2.57. The predicted octanol–water partition coefficient (Wildman–Crippen LogP) is 4.80. The summed E-state index contributed by atoms with van der Waals surface area (Å²) in [5.41, 5.74) is 1.46. The highest BCUT2D eigenvalue weighted by molar-refractivity contribution is 6.35. The molecular weight excluding hydrogens is 376 g/mol. The predicted molar refractivity (Wildman–Crippen MR) is 104 cm³/mol. The summed E-state index contributed by atoms with van der Waals surface area (Å²) in [6.45, 7) is 2.37. The average molecular weight is 398 g/mol. The van der Waals surface area contributed by atoms with Gasteiger partial charge in [0, 0.05) is 11.6 Å². The SMILES string of the molecule is CC(NC(=O)NC(CN(C)C)c1ccccc1)c1cc(F)c(Cl)cc1Cl. The standard InChI is InChI=1S/C19H22Cl2FN3O/c1-12(14-9-17(22)16(21)10-15(14)20)23-19(26)24-18(11-25(2)3)13-7-5-4-6-8-13/h4-10,12,18H,11H2,1-3H3,(H2,23,24,26). The number of amides is 2. The Morgan fingerprint density at radius 1 is 1.12 bits per heavy atom. The van der Waals surface area contributed by atoms with Crippen LogP contribution in [0, 0.1) is 5.82 Å². The normalized spacial score (nSPS) is 13.3. The number of rotatable bonds is 6. The first-order valence-electron chi connectivity index (χ1n) is 8.19. The molecule has 0 heterocycles. The number of nitrogens with one attached hydrogen (secondary N) is 2. The van der Waals surface area contributed by atoms with E-state index in [2.05, 4.69) is 10.6 Å². The van der Waals surface area contributed by atoms with Crippen LogP contribution in [0.25, 0.3) is 0 Å². The first-order chi connectivity index (χ1) is 12.3. The zero-order chi connectivity index (χ0) is 19.3. The van der Waals surface area contributed by atoms with E-state index in [1.807, 2.05) is 49.3 Å². The van der Waals surface area contributed by atoms with Gasteiger partial charge in [-0.05, 0) is 44.3 Å². The molecule has 0 bridgehead atoms. The van der Waals surface area contributed by atoms with Crippen molar-refractivity contribution in [1.29, 1.82) is 0 Å². The minimum atomic E-state index is -0.574. The van der Waals surface area contributed by atoms with E-state index in [1.54, 1.807) is 6.92 Å². The minimum absolute atomic E-state index is 0.0504. The summed E-state index contributed by atoms with van der Waals surface area (Å²) in [5, 5.41) is 6.00. The van der Waals surface area contributed by atoms with Gasteiger partial charge in [0.05, 0.1) is 17.1 Å². The number of hydrogen-bond acceptors (Lipinski definition) is 2. The summed E-state index contributed by atoms with van der Waals surface area (Å²) in [5.74, 6) is -0.574. The van der Waals surface area contributed by atoms with Crippen LogP contribution in [0.1, 0.15) is 30.1 Å². The number of carbonyl (C=O) groups excluding carboxylic acids is 1. The van der Waals surface area contributed by atoms with Gasteiger partial charge in [0.1, 0.15) is 5.82 Å². The van der Waals surface area contributed by atoms with Crippen LogP contribution in [0.3, 0.4) is 0 Å². The number of carbonyl (C=O) groups is 1. The fourth-order valence-electron chi connectivity index (χ4n) is 2.63. The molecule has 0 aromatic heterocycles. The summed E-state index contributed by atoms with van der Waals surface area (Å²) in [6.07, 6.45) is 0. The van der Waals surface area contributed by atoms with Crippen molar-refractivity contribution in [2.24, 2.45) is 0 Å². The number of hydrogen-bond donors (Lipinski definition) is 2. The van der Waals surface area contributed by atoms with Gasteiger partial charge in [-0.25, -0.2) is 9.18 Å². The third-order valence-electron chi connectivity index (χ3n) is 3.91. The lowest BCUT2D eigenvalue weighted by Crippen LogP contribution is -2.42. The van der Waals surface area contributed by atoms with E-state index in [1.165, 1.54) is 12.1 Å². The molecule has 2 aromatic rings. The highest BCUT2D eigenvalue weighted by Gasteiger charge is 2.19. The number of nitrogens with zero attached hydrogens (tertiary/aromatic N) is 1. The Labute approximate surface area is 163 Å². The van der Waals surface area contributed by atoms with Crippen LogP contribution in [0.15, 0.2) is 42.5 Å². The van der Waals surface area contributed by atoms with E-state index < -0.39 is 11.9 Å². The molecule has 0 aliphatic carbocycles. The molecule has 2 N–H and O–H groups in total. The van der Waals surface area contributed by atoms with Gasteiger partial charge in [0.25, 0.3) is 0 Å². The Balaban J connectivity index is 2.09. The molecule has 0 aliphatic heterocycles. The van der Waals surface area contributed by atoms with Crippen molar-refractivity contribution in [3.05, 3.63) is 69.5 Å². The van der Waals surface area contributed by atoms with Crippen LogP contribution in [-0.4, -0.2) is 31.6 Å². The Bertz CT molecular complexity index is 756. The molecule has 0 saturated heterocycles. The second-order valence-electron chi connectivity index (χ2n) is 6.35. The smallest absolute Gasteiger partial charge is 0.315 e. The molecular formula is C19H22Cl2FN3O. The molecule has 4 nitrogen and oxygen atoms in total. The molecule has 2 rings (SSSR count). The van der Waals surface area contributed by atoms with Crippen molar-refractivity contribution >= 4 is 29.2 Å². The molecule has 0 spiro atoms. The third-order valence-corrected chi connectivity index (χ3v) is 4.53. The van der Waals surface area contributed by atoms with Gasteiger partial charge in [-0.15, -0.1) is 0 Å². The zero-order valence-electron chi connectivity index (χ0n) is 14.9. The van der Waals surface area contributed by atoms with E-state index in [-0.39, 0.29) is 17.1 Å². The lowest BCUT2D eigenvalue weighted by Gasteiger charge is -2.24. The maximum absolute atomic E-state index is 13.7. The number of halogens is 3. The van der Waals surface area contributed by atoms with Crippen LogP contribution < -0.4 is 10.6 Å². The van der Waals surface area contributed by atoms with Crippen molar-refractivity contribution in [3.63, 3.8) is 0 Å². The molecule has 2 unspecified atom stereocenters. The fourth-order valence-corrected chi connectivity index (χ4v) is 3.18. The summed E-state index contributed by atoms with van der Waals surface area (Å²) in [6, 6.07) is 11.3. The third kappa shape index (κ3) is 5.59. The Morgan fingerprint density at radius 2 is 1.77 bits per heavy atom. The maximum Gasteiger partial charge on any atom is 0.315 e. The van der Waals surface area contributed by atoms with Gasteiger partial charge in [-0.2, -0.15) is 0 Å². The second-order valence-corrected chi connectivity index (χ2v) is 7.17. The summed E-state index contributed by atoms with van der Waals surface area (Å²) in [7, 11) is 3.88. The van der Waals surface area contributed by atoms with Gasteiger partial charge < -0.3 is 15.5 Å². The van der Waals surface area contributed by atoms with E-state index in [4.69, 9.17) is 23.2 Å². The van der Waals surface area contributed by atoms with Crippen LogP contribution in [0.5, 0.6) is 0 Å². The summed E-state index contributed by atoms with van der Waals surface area (Å²) < 4.78 is 13.7. The molecule has 2 amide bonds. The quantitative estimate of drug-likeness (QED) is 0.687. The molecule has 0 saturated carbocycles. The van der Waals surface area contributed by atoms with Gasteiger partial charge in [-0.3, -0.25) is 0 Å². The van der Waals surface area contributed by atoms with Gasteiger partial charge in [0.15, 0.2) is 0 Å². The molecule has 0 radical (unpaired) electrons. The highest BCUT2D eigenvalue weighted by Crippen LogP contribution is 2.28. The number of likely N-dealkylation sites (N-methyl/N-ethyl adjacent to an activating group) is 1. The monoisotopic (exact) mass is 397 g/mol. The lowest BCUT2D eigenvalue weighted by atomic mass is 10.1. The Morgan fingerprint density at radius 3 is 2.38 bits per heavy atom. The molecule has 7 heteroatoms. The van der Waals surface area contributed by atoms with Crippen molar-refractivity contribution in [2.75, 3.05) is 20.6 Å². The zero-order valence-corrected chi connectivity index (χ0v) is 16.4. The van der Waals surface area contributed by atoms with Gasteiger partial charge >= 0.3 is 6.03 Å². The van der Waals surface area contributed by atoms with E-state index in [0.717, 1.165) is 5.56 Å². The molecule has 0 aliphatic rings. The van der Waals surface area contributed by atoms with Gasteiger partial charge in [0.2, 0.25) is 0 Å². The Hall–Kier alpha value is -1.82. The Kier molecular flexibility index (Phi) is 7.26. The van der Waals surface area contributed by atoms with Crippen LogP contribution >= 0.6 is 23.2 Å². The minimum Gasteiger partial charge on any atom is -0.332 e. The largest absolute Gasteiger partial charge is 0.332 e. The molecule has 26 heavy (non-hydrogen) atoms. The number of benzene rings is 2. The molecule has 2 atom stereocenters. The van der Waals surface area contributed by atoms with E-state index in [9.17, 15) is 9.18 Å². The van der Waals surface area contributed by atoms with E-state index >= 15 is 0 Å². The van der Waals surface area contributed by atoms with E-state index in [0.29, 0.717) is 17.1 Å². The first-order valence-corrected chi connectivity index (χ1v) is 8.94. The van der Waals surface area contributed by atoms with Crippen molar-refractivity contribution < 1.29 is 9.18 Å². The van der Waals surface area contributed by atoms with Crippen molar-refractivity contribution in [2.45, 2.75) is 19.0 Å². The molecule has 140 valence electrons. The van der Waals surface area contributed by atoms with Crippen LogP contribution in [-0.2, 0) is 0 Å². The van der Waals surface area contributed by atoms with Crippen molar-refractivity contribution in [1.82, 2.24) is 15.5 Å². The van der Waals surface area contributed by atoms with Gasteiger partial charge in [-0.1, -0.05) is 53.5 Å². The van der Waals surface area contributed by atoms with Crippen LogP contribution in [0.4, 0.5) is 9.18 Å². The fraction of sp³-hybridized carbons (Fsp3) is 0.316. The maximum atomic E-state index is 13.7. The lowest BCUT2D eigenvalue weighted by molar-refractivity contribution is 0.230. The molecule has 2 aromatic carbocycles. The highest BCUT2D eigenvalue weighted by atomic mass is 35.5. The molecule has 0 fully saturated rings. The second kappa shape index (κ2) is 9.21. The van der Waals surface area contributed by atoms with Crippen molar-refractivity contribution in [3.8, 4) is 0 Å². The summed E-state index contributed by atoms with van der Waals surface area (Å²) >= 11 is 11.8. The summed E-state index contributed by atoms with van der Waals surface area (Å²) in [4.78, 5) is 14.4. The van der Waals surface area contributed by atoms with Crippen LogP contribution in [0.2, 0.25) is 10.0 Å². The number of urea groups is 1. The topological polar surface area (TPSA) is 44.4 Å². The first kappa shape index (κ1) is 20.5.